The average Bonchev–Trinajstić information content (AvgIpc) is 3.15. The standard InChI is InChI=1S/C14H17N5OS/c1-14(8-15)3-6-19(9-14)13(20)10-7-18-12(21-10)11-16-4-2-5-17-11/h2,4-5,7H,3,6,8-9,15H2,1H3. The Kier molecular flexibility index (Phi) is 3.69. The molecule has 0 saturated carbocycles. The van der Waals surface area contributed by atoms with Crippen LogP contribution >= 0.6 is 11.3 Å². The smallest absolute Gasteiger partial charge is 0.265 e. The third-order valence-electron chi connectivity index (χ3n) is 3.81. The van der Waals surface area contributed by atoms with Crippen molar-refractivity contribution >= 4 is 17.2 Å². The van der Waals surface area contributed by atoms with E-state index in [1.54, 1.807) is 24.7 Å². The molecule has 0 aliphatic carbocycles. The highest BCUT2D eigenvalue weighted by molar-refractivity contribution is 7.16. The molecular weight excluding hydrogens is 286 g/mol. The number of amides is 1. The molecule has 1 aliphatic heterocycles. The molecule has 0 radical (unpaired) electrons. The van der Waals surface area contributed by atoms with Crippen LogP contribution in [0.3, 0.4) is 0 Å². The second-order valence-corrected chi connectivity index (χ2v) is 6.62. The Hall–Kier alpha value is -1.86. The van der Waals surface area contributed by atoms with Gasteiger partial charge in [-0.2, -0.15) is 0 Å². The van der Waals surface area contributed by atoms with Crippen LogP contribution in [0.25, 0.3) is 10.8 Å². The minimum atomic E-state index is 0.0202. The maximum Gasteiger partial charge on any atom is 0.265 e. The minimum absolute atomic E-state index is 0.0202. The molecule has 1 aliphatic rings. The number of thiazole rings is 1. The molecule has 0 aromatic carbocycles. The van der Waals surface area contributed by atoms with Crippen LogP contribution in [0.5, 0.6) is 0 Å². The van der Waals surface area contributed by atoms with Crippen molar-refractivity contribution in [3.05, 3.63) is 29.5 Å². The Morgan fingerprint density at radius 1 is 1.43 bits per heavy atom. The Morgan fingerprint density at radius 3 is 2.86 bits per heavy atom. The van der Waals surface area contributed by atoms with E-state index in [0.717, 1.165) is 13.0 Å². The van der Waals surface area contributed by atoms with E-state index in [1.807, 2.05) is 4.90 Å². The first-order valence-electron chi connectivity index (χ1n) is 6.84. The largest absolute Gasteiger partial charge is 0.337 e. The van der Waals surface area contributed by atoms with Crippen LogP contribution in [0.15, 0.2) is 24.7 Å². The Balaban J connectivity index is 1.77. The summed E-state index contributed by atoms with van der Waals surface area (Å²) >= 11 is 1.33. The van der Waals surface area contributed by atoms with Gasteiger partial charge < -0.3 is 10.6 Å². The summed E-state index contributed by atoms with van der Waals surface area (Å²) in [5, 5.41) is 0.666. The van der Waals surface area contributed by atoms with Gasteiger partial charge in [0.1, 0.15) is 4.88 Å². The van der Waals surface area contributed by atoms with Crippen molar-refractivity contribution in [2.75, 3.05) is 19.6 Å². The number of hydrogen-bond donors (Lipinski definition) is 1. The topological polar surface area (TPSA) is 85.0 Å². The first-order chi connectivity index (χ1) is 10.1. The maximum absolute atomic E-state index is 12.5. The van der Waals surface area contributed by atoms with E-state index in [4.69, 9.17) is 5.73 Å². The lowest BCUT2D eigenvalue weighted by Crippen LogP contribution is -2.34. The SMILES string of the molecule is CC1(CN)CCN(C(=O)c2cnc(-c3ncccn3)s2)C1. The summed E-state index contributed by atoms with van der Waals surface area (Å²) in [6.45, 7) is 4.18. The number of nitrogens with two attached hydrogens (primary N) is 1. The van der Waals surface area contributed by atoms with Gasteiger partial charge in [-0.1, -0.05) is 6.92 Å². The van der Waals surface area contributed by atoms with Crippen LogP contribution in [0.1, 0.15) is 23.0 Å². The van der Waals surface area contributed by atoms with Crippen molar-refractivity contribution in [1.82, 2.24) is 19.9 Å². The highest BCUT2D eigenvalue weighted by Crippen LogP contribution is 2.31. The zero-order valence-electron chi connectivity index (χ0n) is 11.8. The van der Waals surface area contributed by atoms with Gasteiger partial charge in [0.25, 0.3) is 5.91 Å². The zero-order valence-corrected chi connectivity index (χ0v) is 12.6. The molecule has 3 rings (SSSR count). The summed E-state index contributed by atoms with van der Waals surface area (Å²) in [4.78, 5) is 27.5. The lowest BCUT2D eigenvalue weighted by atomic mass is 9.90. The summed E-state index contributed by atoms with van der Waals surface area (Å²) in [6.07, 6.45) is 5.89. The Bertz CT molecular complexity index is 644. The van der Waals surface area contributed by atoms with Crippen molar-refractivity contribution in [1.29, 1.82) is 0 Å². The molecule has 1 fully saturated rings. The van der Waals surface area contributed by atoms with E-state index in [-0.39, 0.29) is 11.3 Å². The summed E-state index contributed by atoms with van der Waals surface area (Å²) in [5.74, 6) is 0.571. The van der Waals surface area contributed by atoms with E-state index in [0.29, 0.717) is 28.8 Å². The molecular formula is C14H17N5OS. The van der Waals surface area contributed by atoms with E-state index in [1.165, 1.54) is 11.3 Å². The van der Waals surface area contributed by atoms with Gasteiger partial charge in [0.2, 0.25) is 0 Å². The number of carbonyl (C=O) groups excluding carboxylic acids is 1. The fraction of sp³-hybridized carbons (Fsp3) is 0.429. The van der Waals surface area contributed by atoms with Gasteiger partial charge in [-0.3, -0.25) is 4.79 Å². The lowest BCUT2D eigenvalue weighted by molar-refractivity contribution is 0.0781. The average molecular weight is 303 g/mol. The summed E-state index contributed by atoms with van der Waals surface area (Å²) < 4.78 is 0. The van der Waals surface area contributed by atoms with Crippen molar-refractivity contribution in [2.45, 2.75) is 13.3 Å². The molecule has 6 nitrogen and oxygen atoms in total. The van der Waals surface area contributed by atoms with Crippen molar-refractivity contribution in [3.63, 3.8) is 0 Å². The summed E-state index contributed by atoms with van der Waals surface area (Å²) in [5.41, 5.74) is 5.82. The Labute approximate surface area is 127 Å². The minimum Gasteiger partial charge on any atom is -0.337 e. The van der Waals surface area contributed by atoms with Crippen LogP contribution in [0.4, 0.5) is 0 Å². The molecule has 0 bridgehead atoms. The first-order valence-corrected chi connectivity index (χ1v) is 7.65. The number of aromatic nitrogens is 3. The number of nitrogens with zero attached hydrogens (tertiary/aromatic N) is 4. The molecule has 21 heavy (non-hydrogen) atoms. The Morgan fingerprint density at radius 2 is 2.19 bits per heavy atom. The lowest BCUT2D eigenvalue weighted by Gasteiger charge is -2.22. The number of carbonyl (C=O) groups is 1. The highest BCUT2D eigenvalue weighted by Gasteiger charge is 2.35. The maximum atomic E-state index is 12.5. The molecule has 7 heteroatoms. The van der Waals surface area contributed by atoms with Crippen LogP contribution in [-0.2, 0) is 0 Å². The molecule has 110 valence electrons. The quantitative estimate of drug-likeness (QED) is 0.926. The van der Waals surface area contributed by atoms with Crippen molar-refractivity contribution < 1.29 is 4.79 Å². The molecule has 1 saturated heterocycles. The third kappa shape index (κ3) is 2.79. The van der Waals surface area contributed by atoms with Gasteiger partial charge in [0.15, 0.2) is 10.8 Å². The third-order valence-corrected chi connectivity index (χ3v) is 4.79. The summed E-state index contributed by atoms with van der Waals surface area (Å²) in [7, 11) is 0. The van der Waals surface area contributed by atoms with Gasteiger partial charge in [-0.05, 0) is 24.4 Å². The van der Waals surface area contributed by atoms with Gasteiger partial charge in [0.05, 0.1) is 6.20 Å². The van der Waals surface area contributed by atoms with Gasteiger partial charge in [0, 0.05) is 25.5 Å². The van der Waals surface area contributed by atoms with Gasteiger partial charge >= 0.3 is 0 Å². The fourth-order valence-electron chi connectivity index (χ4n) is 2.41. The van der Waals surface area contributed by atoms with Gasteiger partial charge in [-0.25, -0.2) is 15.0 Å². The summed E-state index contributed by atoms with van der Waals surface area (Å²) in [6, 6.07) is 1.75. The van der Waals surface area contributed by atoms with E-state index in [9.17, 15) is 4.79 Å². The molecule has 2 aromatic rings. The number of hydrogen-bond acceptors (Lipinski definition) is 6. The normalized spacial score (nSPS) is 21.7. The second kappa shape index (κ2) is 5.50. The fourth-order valence-corrected chi connectivity index (χ4v) is 3.24. The first kappa shape index (κ1) is 14.1. The molecule has 1 amide bonds. The monoisotopic (exact) mass is 303 g/mol. The number of rotatable bonds is 3. The second-order valence-electron chi connectivity index (χ2n) is 5.59. The molecule has 1 unspecified atom stereocenters. The number of likely N-dealkylation sites (tertiary alicyclic amines) is 1. The predicted molar refractivity (Wildman–Crippen MR) is 80.8 cm³/mol. The van der Waals surface area contributed by atoms with Crippen molar-refractivity contribution in [2.24, 2.45) is 11.1 Å². The van der Waals surface area contributed by atoms with E-state index < -0.39 is 0 Å². The predicted octanol–water partition coefficient (Wildman–Crippen LogP) is 1.41. The molecule has 2 N–H and O–H groups in total. The molecule has 3 heterocycles. The van der Waals surface area contributed by atoms with E-state index >= 15 is 0 Å². The zero-order chi connectivity index (χ0) is 14.9. The van der Waals surface area contributed by atoms with Crippen LogP contribution in [-0.4, -0.2) is 45.4 Å². The van der Waals surface area contributed by atoms with Crippen LogP contribution in [0.2, 0.25) is 0 Å². The van der Waals surface area contributed by atoms with Crippen LogP contribution < -0.4 is 5.73 Å². The van der Waals surface area contributed by atoms with E-state index in [2.05, 4.69) is 21.9 Å². The van der Waals surface area contributed by atoms with Crippen LogP contribution in [0, 0.1) is 5.41 Å². The molecule has 0 spiro atoms. The highest BCUT2D eigenvalue weighted by atomic mass is 32.1. The molecule has 2 aromatic heterocycles. The van der Waals surface area contributed by atoms with Crippen molar-refractivity contribution in [3.8, 4) is 10.8 Å². The van der Waals surface area contributed by atoms with Gasteiger partial charge in [-0.15, -0.1) is 11.3 Å². The molecule has 1 atom stereocenters.